The van der Waals surface area contributed by atoms with Gasteiger partial charge in [-0.15, -0.1) is 0 Å². The number of hydrogen-bond donors (Lipinski definition) is 2. The SMILES string of the molecule is CN(C)CCCNc1cc(Nc2ccc(Cl)cc2)nc(-c2ccccc2)n1. The quantitative estimate of drug-likeness (QED) is 0.543. The van der Waals surface area contributed by atoms with Crippen LogP contribution in [0.5, 0.6) is 0 Å². The van der Waals surface area contributed by atoms with Crippen LogP contribution in [0.15, 0.2) is 60.7 Å². The van der Waals surface area contributed by atoms with Gasteiger partial charge in [0.15, 0.2) is 5.82 Å². The monoisotopic (exact) mass is 381 g/mol. The summed E-state index contributed by atoms with van der Waals surface area (Å²) in [7, 11) is 4.15. The van der Waals surface area contributed by atoms with Crippen molar-refractivity contribution in [3.8, 4) is 11.4 Å². The van der Waals surface area contributed by atoms with Crippen LogP contribution in [0.3, 0.4) is 0 Å². The zero-order chi connectivity index (χ0) is 19.1. The Hall–Kier alpha value is -2.63. The number of rotatable bonds is 8. The van der Waals surface area contributed by atoms with Crippen molar-refractivity contribution >= 4 is 28.9 Å². The summed E-state index contributed by atoms with van der Waals surface area (Å²) in [6.07, 6.45) is 1.04. The first-order valence-corrected chi connectivity index (χ1v) is 9.33. The van der Waals surface area contributed by atoms with Gasteiger partial charge in [-0.1, -0.05) is 41.9 Å². The van der Waals surface area contributed by atoms with E-state index in [0.29, 0.717) is 10.8 Å². The van der Waals surface area contributed by atoms with Gasteiger partial charge >= 0.3 is 0 Å². The van der Waals surface area contributed by atoms with Gasteiger partial charge < -0.3 is 15.5 Å². The molecule has 0 spiro atoms. The molecule has 1 aromatic heterocycles. The van der Waals surface area contributed by atoms with E-state index in [0.717, 1.165) is 42.4 Å². The molecule has 3 rings (SSSR count). The van der Waals surface area contributed by atoms with E-state index >= 15 is 0 Å². The summed E-state index contributed by atoms with van der Waals surface area (Å²) in [5, 5.41) is 7.44. The average molecular weight is 382 g/mol. The third-order valence-corrected chi connectivity index (χ3v) is 4.21. The smallest absolute Gasteiger partial charge is 0.163 e. The normalized spacial score (nSPS) is 10.8. The van der Waals surface area contributed by atoms with Crippen LogP contribution >= 0.6 is 11.6 Å². The number of hydrogen-bond acceptors (Lipinski definition) is 5. The van der Waals surface area contributed by atoms with E-state index < -0.39 is 0 Å². The number of nitrogens with zero attached hydrogens (tertiary/aromatic N) is 3. The van der Waals surface area contributed by atoms with Crippen molar-refractivity contribution in [3.63, 3.8) is 0 Å². The molecule has 2 N–H and O–H groups in total. The van der Waals surface area contributed by atoms with E-state index in [4.69, 9.17) is 11.6 Å². The van der Waals surface area contributed by atoms with Crippen molar-refractivity contribution in [2.24, 2.45) is 0 Å². The average Bonchev–Trinajstić information content (AvgIpc) is 2.67. The second-order valence-corrected chi connectivity index (χ2v) is 6.98. The Balaban J connectivity index is 1.82. The molecular weight excluding hydrogens is 358 g/mol. The van der Waals surface area contributed by atoms with Gasteiger partial charge in [0.05, 0.1) is 0 Å². The lowest BCUT2D eigenvalue weighted by atomic mass is 10.2. The van der Waals surface area contributed by atoms with E-state index in [9.17, 15) is 0 Å². The Morgan fingerprint density at radius 2 is 1.63 bits per heavy atom. The minimum absolute atomic E-state index is 0.685. The minimum Gasteiger partial charge on any atom is -0.370 e. The fourth-order valence-corrected chi connectivity index (χ4v) is 2.74. The molecule has 6 heteroatoms. The van der Waals surface area contributed by atoms with Crippen LogP contribution in [0.2, 0.25) is 5.02 Å². The van der Waals surface area contributed by atoms with Gasteiger partial charge in [-0.2, -0.15) is 0 Å². The van der Waals surface area contributed by atoms with Crippen LogP contribution in [0, 0.1) is 0 Å². The lowest BCUT2D eigenvalue weighted by Gasteiger charge is -2.13. The summed E-state index contributed by atoms with van der Waals surface area (Å²) in [5.41, 5.74) is 1.91. The van der Waals surface area contributed by atoms with Crippen molar-refractivity contribution in [2.75, 3.05) is 37.8 Å². The predicted octanol–water partition coefficient (Wildman–Crippen LogP) is 4.90. The Morgan fingerprint density at radius 3 is 2.33 bits per heavy atom. The van der Waals surface area contributed by atoms with Crippen LogP contribution in [0.1, 0.15) is 6.42 Å². The molecule has 0 saturated carbocycles. The van der Waals surface area contributed by atoms with Gasteiger partial charge in [-0.3, -0.25) is 0 Å². The fourth-order valence-electron chi connectivity index (χ4n) is 2.61. The van der Waals surface area contributed by atoms with E-state index in [-0.39, 0.29) is 0 Å². The third kappa shape index (κ3) is 5.94. The standard InChI is InChI=1S/C21H24ClN5/c1-27(2)14-6-13-23-19-15-20(24-18-11-9-17(22)10-12-18)26-21(25-19)16-7-4-3-5-8-16/h3-5,7-12,15H,6,13-14H2,1-2H3,(H2,23,24,25,26). The summed E-state index contributed by atoms with van der Waals surface area (Å²) >= 11 is 5.97. The van der Waals surface area contributed by atoms with Crippen molar-refractivity contribution in [1.82, 2.24) is 14.9 Å². The number of aromatic nitrogens is 2. The summed E-state index contributed by atoms with van der Waals surface area (Å²) in [4.78, 5) is 11.5. The zero-order valence-corrected chi connectivity index (χ0v) is 16.4. The maximum atomic E-state index is 5.97. The number of benzene rings is 2. The molecule has 0 fully saturated rings. The highest BCUT2D eigenvalue weighted by Gasteiger charge is 2.07. The molecule has 140 valence electrons. The molecular formula is C21H24ClN5. The van der Waals surface area contributed by atoms with Crippen molar-refractivity contribution in [1.29, 1.82) is 0 Å². The van der Waals surface area contributed by atoms with Crippen LogP contribution < -0.4 is 10.6 Å². The van der Waals surface area contributed by atoms with Crippen LogP contribution in [-0.4, -0.2) is 42.1 Å². The van der Waals surface area contributed by atoms with Crippen LogP contribution in [-0.2, 0) is 0 Å². The van der Waals surface area contributed by atoms with Gasteiger partial charge in [-0.25, -0.2) is 9.97 Å². The molecule has 0 unspecified atom stereocenters. The molecule has 0 amide bonds. The van der Waals surface area contributed by atoms with E-state index in [1.165, 1.54) is 0 Å². The molecule has 0 bridgehead atoms. The summed E-state index contributed by atoms with van der Waals surface area (Å²) in [5.74, 6) is 2.23. The summed E-state index contributed by atoms with van der Waals surface area (Å²) < 4.78 is 0. The molecule has 0 radical (unpaired) electrons. The first kappa shape index (κ1) is 19.1. The summed E-state index contributed by atoms with van der Waals surface area (Å²) in [6.45, 7) is 1.88. The lowest BCUT2D eigenvalue weighted by molar-refractivity contribution is 0.405. The van der Waals surface area contributed by atoms with Crippen molar-refractivity contribution in [2.45, 2.75) is 6.42 Å². The highest BCUT2D eigenvalue weighted by molar-refractivity contribution is 6.30. The van der Waals surface area contributed by atoms with E-state index in [1.807, 2.05) is 60.7 Å². The second kappa shape index (κ2) is 9.35. The number of anilines is 3. The largest absolute Gasteiger partial charge is 0.370 e. The molecule has 2 aromatic carbocycles. The number of halogens is 1. The molecule has 0 aliphatic rings. The first-order valence-electron chi connectivity index (χ1n) is 8.96. The molecule has 1 heterocycles. The zero-order valence-electron chi connectivity index (χ0n) is 15.6. The Labute approximate surface area is 165 Å². The van der Waals surface area contributed by atoms with Crippen molar-refractivity contribution < 1.29 is 0 Å². The molecule has 27 heavy (non-hydrogen) atoms. The Morgan fingerprint density at radius 1 is 0.926 bits per heavy atom. The van der Waals surface area contributed by atoms with Gasteiger partial charge in [0.2, 0.25) is 0 Å². The topological polar surface area (TPSA) is 53.1 Å². The van der Waals surface area contributed by atoms with Crippen molar-refractivity contribution in [3.05, 3.63) is 65.7 Å². The summed E-state index contributed by atoms with van der Waals surface area (Å²) in [6, 6.07) is 19.5. The number of nitrogens with one attached hydrogen (secondary N) is 2. The van der Waals surface area contributed by atoms with Crippen LogP contribution in [0.25, 0.3) is 11.4 Å². The van der Waals surface area contributed by atoms with Gasteiger partial charge in [0.1, 0.15) is 11.6 Å². The molecule has 0 aliphatic carbocycles. The fraction of sp³-hybridized carbons (Fsp3) is 0.238. The highest BCUT2D eigenvalue weighted by atomic mass is 35.5. The minimum atomic E-state index is 0.685. The Kier molecular flexibility index (Phi) is 6.63. The van der Waals surface area contributed by atoms with Gasteiger partial charge in [0, 0.05) is 28.9 Å². The molecule has 0 aliphatic heterocycles. The molecule has 5 nitrogen and oxygen atoms in total. The van der Waals surface area contributed by atoms with Crippen LogP contribution in [0.4, 0.5) is 17.3 Å². The van der Waals surface area contributed by atoms with E-state index in [1.54, 1.807) is 0 Å². The maximum absolute atomic E-state index is 5.97. The molecule has 0 saturated heterocycles. The maximum Gasteiger partial charge on any atom is 0.163 e. The predicted molar refractivity (Wildman–Crippen MR) is 114 cm³/mol. The highest BCUT2D eigenvalue weighted by Crippen LogP contribution is 2.23. The molecule has 0 atom stereocenters. The van der Waals surface area contributed by atoms with Gasteiger partial charge in [-0.05, 0) is 51.3 Å². The van der Waals surface area contributed by atoms with E-state index in [2.05, 4.69) is 39.6 Å². The lowest BCUT2D eigenvalue weighted by Crippen LogP contribution is -2.16. The Bertz CT molecular complexity index is 850. The molecule has 3 aromatic rings. The first-order chi connectivity index (χ1) is 13.1. The second-order valence-electron chi connectivity index (χ2n) is 6.54. The van der Waals surface area contributed by atoms with Gasteiger partial charge in [0.25, 0.3) is 0 Å². The third-order valence-electron chi connectivity index (χ3n) is 3.96.